The second kappa shape index (κ2) is 8.63. The van der Waals surface area contributed by atoms with Crippen LogP contribution in [0.5, 0.6) is 0 Å². The first-order valence-corrected chi connectivity index (χ1v) is 9.69. The van der Waals surface area contributed by atoms with E-state index >= 15 is 0 Å². The number of rotatable bonds is 7. The minimum absolute atomic E-state index is 0.0740. The van der Waals surface area contributed by atoms with Gasteiger partial charge in [-0.15, -0.1) is 0 Å². The fraction of sp³-hybridized carbons (Fsp3) is 0.300. The number of nitrogens with zero attached hydrogens (tertiary/aromatic N) is 3. The molecule has 142 valence electrons. The van der Waals surface area contributed by atoms with Gasteiger partial charge in [-0.25, -0.2) is 4.68 Å². The van der Waals surface area contributed by atoms with Crippen LogP contribution < -0.4 is 0 Å². The van der Waals surface area contributed by atoms with Crippen molar-refractivity contribution < 1.29 is 9.21 Å². The molecule has 0 radical (unpaired) electrons. The SMILES string of the molecule is CCCN(CCC)C(=O)c1cc(-c2ccco2)nn1-c1ccc(Cl)c(Cl)c1. The average Bonchev–Trinajstić information content (AvgIpc) is 3.32. The molecule has 2 heterocycles. The van der Waals surface area contributed by atoms with Gasteiger partial charge in [-0.2, -0.15) is 5.10 Å². The number of halogens is 2. The maximum atomic E-state index is 13.2. The summed E-state index contributed by atoms with van der Waals surface area (Å²) in [6, 6.07) is 10.5. The van der Waals surface area contributed by atoms with Crippen LogP contribution >= 0.6 is 23.2 Å². The van der Waals surface area contributed by atoms with Crippen LogP contribution in [0.15, 0.2) is 47.1 Å². The summed E-state index contributed by atoms with van der Waals surface area (Å²) in [6.45, 7) is 5.49. The van der Waals surface area contributed by atoms with Crippen molar-refractivity contribution in [2.75, 3.05) is 13.1 Å². The van der Waals surface area contributed by atoms with Crippen LogP contribution in [0.2, 0.25) is 10.0 Å². The molecule has 3 aromatic rings. The Morgan fingerprint density at radius 2 is 1.85 bits per heavy atom. The van der Waals surface area contributed by atoms with Crippen molar-refractivity contribution in [3.05, 3.63) is 58.4 Å². The Labute approximate surface area is 168 Å². The van der Waals surface area contributed by atoms with Crippen LogP contribution in [0.1, 0.15) is 37.2 Å². The highest BCUT2D eigenvalue weighted by atomic mass is 35.5. The van der Waals surface area contributed by atoms with Gasteiger partial charge in [-0.1, -0.05) is 37.0 Å². The van der Waals surface area contributed by atoms with Crippen LogP contribution in [-0.4, -0.2) is 33.7 Å². The summed E-state index contributed by atoms with van der Waals surface area (Å²) < 4.78 is 7.05. The third kappa shape index (κ3) is 4.20. The minimum Gasteiger partial charge on any atom is -0.463 e. The molecule has 0 fully saturated rings. The summed E-state index contributed by atoms with van der Waals surface area (Å²) >= 11 is 12.2. The van der Waals surface area contributed by atoms with Crippen LogP contribution in [0.4, 0.5) is 0 Å². The quantitative estimate of drug-likeness (QED) is 0.506. The van der Waals surface area contributed by atoms with E-state index in [9.17, 15) is 4.79 Å². The molecule has 0 atom stereocenters. The maximum absolute atomic E-state index is 13.2. The van der Waals surface area contributed by atoms with Crippen molar-refractivity contribution in [2.45, 2.75) is 26.7 Å². The number of amides is 1. The summed E-state index contributed by atoms with van der Waals surface area (Å²) in [5, 5.41) is 5.44. The number of hydrogen-bond donors (Lipinski definition) is 0. The lowest BCUT2D eigenvalue weighted by atomic mass is 10.2. The topological polar surface area (TPSA) is 51.3 Å². The summed E-state index contributed by atoms with van der Waals surface area (Å²) in [5.74, 6) is 0.524. The second-order valence-electron chi connectivity index (χ2n) is 6.19. The van der Waals surface area contributed by atoms with Crippen molar-refractivity contribution in [1.82, 2.24) is 14.7 Å². The van der Waals surface area contributed by atoms with Crippen LogP contribution in [-0.2, 0) is 0 Å². The molecule has 2 aromatic heterocycles. The number of furan rings is 1. The monoisotopic (exact) mass is 405 g/mol. The summed E-state index contributed by atoms with van der Waals surface area (Å²) in [7, 11) is 0. The maximum Gasteiger partial charge on any atom is 0.272 e. The Balaban J connectivity index is 2.10. The lowest BCUT2D eigenvalue weighted by Gasteiger charge is -2.21. The molecule has 5 nitrogen and oxygen atoms in total. The van der Waals surface area contributed by atoms with Gasteiger partial charge in [0, 0.05) is 19.2 Å². The third-order valence-electron chi connectivity index (χ3n) is 4.12. The first kappa shape index (κ1) is 19.5. The Hall–Kier alpha value is -2.24. The van der Waals surface area contributed by atoms with Gasteiger partial charge < -0.3 is 9.32 Å². The zero-order valence-electron chi connectivity index (χ0n) is 15.3. The third-order valence-corrected chi connectivity index (χ3v) is 4.86. The molecule has 0 saturated heterocycles. The van der Waals surface area contributed by atoms with Gasteiger partial charge in [-0.05, 0) is 43.2 Å². The van der Waals surface area contributed by atoms with Crippen molar-refractivity contribution in [2.24, 2.45) is 0 Å². The summed E-state index contributed by atoms with van der Waals surface area (Å²) in [6.07, 6.45) is 3.35. The van der Waals surface area contributed by atoms with Crippen LogP contribution in [0.25, 0.3) is 17.1 Å². The fourth-order valence-corrected chi connectivity index (χ4v) is 3.20. The minimum atomic E-state index is -0.0740. The van der Waals surface area contributed by atoms with Gasteiger partial charge in [0.15, 0.2) is 5.76 Å². The van der Waals surface area contributed by atoms with Gasteiger partial charge in [-0.3, -0.25) is 4.79 Å². The zero-order valence-corrected chi connectivity index (χ0v) is 16.8. The van der Waals surface area contributed by atoms with Crippen molar-refractivity contribution in [3.63, 3.8) is 0 Å². The highest BCUT2D eigenvalue weighted by molar-refractivity contribution is 6.42. The van der Waals surface area contributed by atoms with Gasteiger partial charge in [0.25, 0.3) is 5.91 Å². The number of benzene rings is 1. The molecule has 1 amide bonds. The standard InChI is InChI=1S/C20H21Cl2N3O2/c1-3-9-24(10-4-2)20(26)18-13-17(19-6-5-11-27-19)23-25(18)14-7-8-15(21)16(22)12-14/h5-8,11-13H,3-4,9-10H2,1-2H3. The predicted molar refractivity (Wildman–Crippen MR) is 108 cm³/mol. The molecular weight excluding hydrogens is 385 g/mol. The van der Waals surface area contributed by atoms with E-state index in [1.54, 1.807) is 41.3 Å². The number of carbonyl (C=O) groups excluding carboxylic acids is 1. The van der Waals surface area contributed by atoms with Gasteiger partial charge in [0.2, 0.25) is 0 Å². The fourth-order valence-electron chi connectivity index (χ4n) is 2.91. The van der Waals surface area contributed by atoms with E-state index < -0.39 is 0 Å². The second-order valence-corrected chi connectivity index (χ2v) is 7.01. The van der Waals surface area contributed by atoms with E-state index in [1.807, 2.05) is 11.0 Å². The summed E-state index contributed by atoms with van der Waals surface area (Å²) in [4.78, 5) is 15.1. The molecule has 0 aliphatic carbocycles. The number of carbonyl (C=O) groups is 1. The van der Waals surface area contributed by atoms with E-state index in [4.69, 9.17) is 27.6 Å². The van der Waals surface area contributed by atoms with Gasteiger partial charge in [0.05, 0.1) is 22.0 Å². The highest BCUT2D eigenvalue weighted by Gasteiger charge is 2.23. The van der Waals surface area contributed by atoms with Gasteiger partial charge in [0.1, 0.15) is 11.4 Å². The van der Waals surface area contributed by atoms with E-state index in [0.717, 1.165) is 12.8 Å². The van der Waals surface area contributed by atoms with E-state index in [1.165, 1.54) is 0 Å². The first-order valence-electron chi connectivity index (χ1n) is 8.93. The normalized spacial score (nSPS) is 11.0. The largest absolute Gasteiger partial charge is 0.463 e. The smallest absolute Gasteiger partial charge is 0.272 e. The van der Waals surface area contributed by atoms with E-state index in [0.29, 0.717) is 46.0 Å². The Morgan fingerprint density at radius 1 is 1.11 bits per heavy atom. The molecule has 0 bridgehead atoms. The molecule has 0 unspecified atom stereocenters. The predicted octanol–water partition coefficient (Wildman–Crippen LogP) is 5.70. The molecule has 0 N–H and O–H groups in total. The Kier molecular flexibility index (Phi) is 6.24. The lowest BCUT2D eigenvalue weighted by molar-refractivity contribution is 0.0746. The Bertz CT molecular complexity index is 913. The number of hydrogen-bond acceptors (Lipinski definition) is 3. The Morgan fingerprint density at radius 3 is 2.44 bits per heavy atom. The molecule has 0 spiro atoms. The highest BCUT2D eigenvalue weighted by Crippen LogP contribution is 2.27. The molecule has 1 aromatic carbocycles. The average molecular weight is 406 g/mol. The summed E-state index contributed by atoms with van der Waals surface area (Å²) in [5.41, 5.74) is 1.71. The van der Waals surface area contributed by atoms with Crippen molar-refractivity contribution in [1.29, 1.82) is 0 Å². The molecule has 0 aliphatic rings. The van der Waals surface area contributed by atoms with E-state index in [-0.39, 0.29) is 5.91 Å². The number of aromatic nitrogens is 2. The lowest BCUT2D eigenvalue weighted by Crippen LogP contribution is -2.33. The van der Waals surface area contributed by atoms with Crippen molar-refractivity contribution in [3.8, 4) is 17.1 Å². The first-order chi connectivity index (χ1) is 13.0. The molecule has 0 aliphatic heterocycles. The molecule has 0 saturated carbocycles. The molecular formula is C20H21Cl2N3O2. The van der Waals surface area contributed by atoms with Gasteiger partial charge >= 0.3 is 0 Å². The molecule has 3 rings (SSSR count). The van der Waals surface area contributed by atoms with Crippen LogP contribution in [0, 0.1) is 0 Å². The van der Waals surface area contributed by atoms with E-state index in [2.05, 4.69) is 18.9 Å². The molecule has 7 heteroatoms. The van der Waals surface area contributed by atoms with Crippen LogP contribution in [0.3, 0.4) is 0 Å². The molecule has 27 heavy (non-hydrogen) atoms. The van der Waals surface area contributed by atoms with Crippen molar-refractivity contribution >= 4 is 29.1 Å². The zero-order chi connectivity index (χ0) is 19.4.